The Morgan fingerprint density at radius 1 is 1.24 bits per heavy atom. The van der Waals surface area contributed by atoms with E-state index in [1.54, 1.807) is 13.2 Å². The van der Waals surface area contributed by atoms with Crippen LogP contribution in [0.2, 0.25) is 0 Å². The number of hydrogen-bond donors (Lipinski definition) is 2. The molecule has 9 heteroatoms. The molecule has 1 aromatic rings. The predicted molar refractivity (Wildman–Crippen MR) is 96.8 cm³/mol. The first-order valence-electron chi connectivity index (χ1n) is 9.01. The molecular formula is C16H27N5O3S. The summed E-state index contributed by atoms with van der Waals surface area (Å²) >= 11 is 0. The Hall–Kier alpha value is -1.45. The minimum atomic E-state index is -3.52. The van der Waals surface area contributed by atoms with Gasteiger partial charge in [-0.05, 0) is 25.7 Å². The summed E-state index contributed by atoms with van der Waals surface area (Å²) < 4.78 is 29.8. The molecule has 1 aliphatic carbocycles. The van der Waals surface area contributed by atoms with E-state index < -0.39 is 10.2 Å². The van der Waals surface area contributed by atoms with Crippen molar-refractivity contribution in [2.45, 2.75) is 57.0 Å². The van der Waals surface area contributed by atoms with Gasteiger partial charge in [-0.1, -0.05) is 19.3 Å². The highest BCUT2D eigenvalue weighted by molar-refractivity contribution is 7.87. The third kappa shape index (κ3) is 4.39. The zero-order valence-corrected chi connectivity index (χ0v) is 15.5. The lowest BCUT2D eigenvalue weighted by Crippen LogP contribution is -2.53. The molecule has 0 radical (unpaired) electrons. The summed E-state index contributed by atoms with van der Waals surface area (Å²) in [6, 6.07) is -0.129. The Morgan fingerprint density at radius 2 is 2.00 bits per heavy atom. The molecule has 2 aliphatic rings. The van der Waals surface area contributed by atoms with Gasteiger partial charge in [0.15, 0.2) is 5.82 Å². The van der Waals surface area contributed by atoms with Crippen LogP contribution in [0.4, 0.5) is 5.82 Å². The van der Waals surface area contributed by atoms with Crippen LogP contribution in [0.15, 0.2) is 17.2 Å². The molecule has 1 atom stereocenters. The zero-order chi connectivity index (χ0) is 17.9. The highest BCUT2D eigenvalue weighted by atomic mass is 32.2. The largest absolute Gasteiger partial charge is 0.350 e. The van der Waals surface area contributed by atoms with E-state index in [0.29, 0.717) is 18.9 Å². The topological polar surface area (TPSA) is 98.4 Å². The van der Waals surface area contributed by atoms with Crippen molar-refractivity contribution in [3.8, 4) is 0 Å². The fourth-order valence-electron chi connectivity index (χ4n) is 3.77. The Labute approximate surface area is 148 Å². The Bertz CT molecular complexity index is 729. The zero-order valence-electron chi connectivity index (χ0n) is 14.6. The first-order valence-corrected chi connectivity index (χ1v) is 10.5. The molecule has 8 nitrogen and oxygen atoms in total. The molecule has 25 heavy (non-hydrogen) atoms. The molecule has 1 aromatic heterocycles. The summed E-state index contributed by atoms with van der Waals surface area (Å²) in [5.41, 5.74) is -0.245. The van der Waals surface area contributed by atoms with E-state index in [9.17, 15) is 13.2 Å². The van der Waals surface area contributed by atoms with Gasteiger partial charge in [0.05, 0.1) is 0 Å². The fourth-order valence-corrected chi connectivity index (χ4v) is 5.15. The standard InChI is InChI=1S/C16H27N5O3S/c1-20(14-7-3-2-4-8-14)25(23,24)19-13-6-5-11-21(12-13)15-16(22)18-10-9-17-15/h9-10,13-14,19H,2-8,11-12H2,1H3,(H,18,22). The number of hydrogen-bond acceptors (Lipinski definition) is 5. The molecule has 0 bridgehead atoms. The van der Waals surface area contributed by atoms with E-state index >= 15 is 0 Å². The molecule has 2 N–H and O–H groups in total. The molecule has 0 amide bonds. The van der Waals surface area contributed by atoms with Crippen LogP contribution in [0.1, 0.15) is 44.9 Å². The highest BCUT2D eigenvalue weighted by Gasteiger charge is 2.31. The molecule has 2 fully saturated rings. The minimum Gasteiger partial charge on any atom is -0.350 e. The van der Waals surface area contributed by atoms with E-state index in [2.05, 4.69) is 14.7 Å². The molecule has 1 unspecified atom stereocenters. The minimum absolute atomic E-state index is 0.0876. The number of rotatable bonds is 5. The summed E-state index contributed by atoms with van der Waals surface area (Å²) in [4.78, 5) is 20.5. The van der Waals surface area contributed by atoms with Gasteiger partial charge in [0.1, 0.15) is 0 Å². The summed E-state index contributed by atoms with van der Waals surface area (Å²) in [6.45, 7) is 1.16. The van der Waals surface area contributed by atoms with Gasteiger partial charge >= 0.3 is 0 Å². The van der Waals surface area contributed by atoms with Crippen LogP contribution >= 0.6 is 0 Å². The van der Waals surface area contributed by atoms with Crippen molar-refractivity contribution in [3.05, 3.63) is 22.7 Å². The number of nitrogens with one attached hydrogen (secondary N) is 2. The van der Waals surface area contributed by atoms with Crippen molar-refractivity contribution in [2.24, 2.45) is 0 Å². The van der Waals surface area contributed by atoms with E-state index in [0.717, 1.165) is 38.5 Å². The average Bonchev–Trinajstić information content (AvgIpc) is 2.62. The number of aromatic nitrogens is 2. The summed E-state index contributed by atoms with van der Waals surface area (Å²) in [5.74, 6) is 0.354. The third-order valence-corrected chi connectivity index (χ3v) is 6.88. The van der Waals surface area contributed by atoms with Crippen LogP contribution in [0, 0.1) is 0 Å². The normalized spacial score (nSPS) is 23.1. The first-order chi connectivity index (χ1) is 12.0. The summed E-state index contributed by atoms with van der Waals surface area (Å²) in [5, 5.41) is 0. The Kier molecular flexibility index (Phi) is 5.75. The van der Waals surface area contributed by atoms with E-state index in [1.165, 1.54) is 16.9 Å². The molecule has 1 saturated carbocycles. The van der Waals surface area contributed by atoms with Crippen LogP contribution in [0.3, 0.4) is 0 Å². The maximum Gasteiger partial charge on any atom is 0.290 e. The van der Waals surface area contributed by atoms with Gasteiger partial charge in [-0.25, -0.2) is 4.98 Å². The van der Waals surface area contributed by atoms with Crippen LogP contribution in [-0.2, 0) is 10.2 Å². The molecule has 2 heterocycles. The predicted octanol–water partition coefficient (Wildman–Crippen LogP) is 0.838. The Morgan fingerprint density at radius 3 is 2.72 bits per heavy atom. The van der Waals surface area contributed by atoms with Crippen LogP contribution in [0.25, 0.3) is 0 Å². The second-order valence-electron chi connectivity index (χ2n) is 6.96. The molecular weight excluding hydrogens is 342 g/mol. The number of aromatic amines is 1. The van der Waals surface area contributed by atoms with E-state index in [4.69, 9.17) is 0 Å². The molecule has 1 saturated heterocycles. The highest BCUT2D eigenvalue weighted by Crippen LogP contribution is 2.23. The second kappa shape index (κ2) is 7.84. The number of H-pyrrole nitrogens is 1. The van der Waals surface area contributed by atoms with E-state index in [-0.39, 0.29) is 17.6 Å². The lowest BCUT2D eigenvalue weighted by Gasteiger charge is -2.36. The molecule has 3 rings (SSSR count). The maximum absolute atomic E-state index is 12.7. The quantitative estimate of drug-likeness (QED) is 0.801. The lowest BCUT2D eigenvalue weighted by molar-refractivity contribution is 0.280. The van der Waals surface area contributed by atoms with Gasteiger partial charge in [0, 0.05) is 44.6 Å². The van der Waals surface area contributed by atoms with E-state index in [1.807, 2.05) is 4.90 Å². The van der Waals surface area contributed by atoms with Crippen molar-refractivity contribution in [2.75, 3.05) is 25.0 Å². The molecule has 1 aliphatic heterocycles. The van der Waals surface area contributed by atoms with Gasteiger partial charge in [0.2, 0.25) is 0 Å². The summed E-state index contributed by atoms with van der Waals surface area (Å²) in [7, 11) is -1.86. The Balaban J connectivity index is 1.65. The monoisotopic (exact) mass is 369 g/mol. The van der Waals surface area contributed by atoms with Crippen molar-refractivity contribution >= 4 is 16.0 Å². The van der Waals surface area contributed by atoms with Crippen LogP contribution in [0.5, 0.6) is 0 Å². The smallest absolute Gasteiger partial charge is 0.290 e. The molecule has 140 valence electrons. The van der Waals surface area contributed by atoms with Crippen LogP contribution in [-0.4, -0.2) is 54.9 Å². The third-order valence-electron chi connectivity index (χ3n) is 5.19. The van der Waals surface area contributed by atoms with Crippen molar-refractivity contribution in [3.63, 3.8) is 0 Å². The number of anilines is 1. The number of piperidine rings is 1. The number of nitrogens with zero attached hydrogens (tertiary/aromatic N) is 3. The first kappa shape index (κ1) is 18.3. The fraction of sp³-hybridized carbons (Fsp3) is 0.750. The van der Waals surface area contributed by atoms with Crippen molar-refractivity contribution < 1.29 is 8.42 Å². The lowest BCUT2D eigenvalue weighted by atomic mass is 9.96. The SMILES string of the molecule is CN(C1CCCCC1)S(=O)(=O)NC1CCCN(c2ncc[nH]c2=O)C1. The average molecular weight is 369 g/mol. The molecule has 0 aromatic carbocycles. The van der Waals surface area contributed by atoms with Gasteiger partial charge in [-0.2, -0.15) is 17.4 Å². The van der Waals surface area contributed by atoms with Gasteiger partial charge in [-0.3, -0.25) is 4.79 Å². The van der Waals surface area contributed by atoms with Gasteiger partial charge in [-0.15, -0.1) is 0 Å². The summed E-state index contributed by atoms with van der Waals surface area (Å²) in [6.07, 6.45) is 9.84. The maximum atomic E-state index is 12.7. The van der Waals surface area contributed by atoms with Crippen molar-refractivity contribution in [1.82, 2.24) is 19.0 Å². The van der Waals surface area contributed by atoms with Gasteiger partial charge < -0.3 is 9.88 Å². The second-order valence-corrected chi connectivity index (χ2v) is 8.72. The van der Waals surface area contributed by atoms with Gasteiger partial charge in [0.25, 0.3) is 15.8 Å². The van der Waals surface area contributed by atoms with Crippen molar-refractivity contribution in [1.29, 1.82) is 0 Å². The molecule has 0 spiro atoms. The van der Waals surface area contributed by atoms with Crippen LogP contribution < -0.4 is 15.2 Å².